The summed E-state index contributed by atoms with van der Waals surface area (Å²) in [6, 6.07) is 13.6. The van der Waals surface area contributed by atoms with Crippen LogP contribution < -0.4 is 9.47 Å². The number of Topliss-reactive ketones (excluding diaryl/α,β-unsaturated/α-hetero) is 3. The number of rotatable bonds is 18. The normalized spacial score (nSPS) is 19.6. The maximum Gasteiger partial charge on any atom is 0.167 e. The second-order valence-electron chi connectivity index (χ2n) is 11.0. The Morgan fingerprint density at radius 3 is 2.05 bits per heavy atom. The first kappa shape index (κ1) is 32.5. The molecule has 1 saturated carbocycles. The van der Waals surface area contributed by atoms with Crippen LogP contribution in [0.4, 0.5) is 0 Å². The molecular weight excluding hydrogens is 520 g/mol. The lowest BCUT2D eigenvalue weighted by molar-refractivity contribution is -0.151. The van der Waals surface area contributed by atoms with E-state index in [0.29, 0.717) is 69.4 Å². The molecule has 0 saturated heterocycles. The van der Waals surface area contributed by atoms with Crippen molar-refractivity contribution in [1.82, 2.24) is 0 Å². The number of carbonyl (C=O) groups excluding carboxylic acids is 3. The minimum absolute atomic E-state index is 0.0170. The zero-order chi connectivity index (χ0) is 30.0. The number of hydrogen-bond acceptors (Lipinski definition) is 7. The van der Waals surface area contributed by atoms with Gasteiger partial charge in [-0.15, -0.1) is 0 Å². The van der Waals surface area contributed by atoms with Crippen LogP contribution in [-0.4, -0.2) is 49.9 Å². The van der Waals surface area contributed by atoms with Crippen molar-refractivity contribution in [2.24, 2.45) is 11.3 Å². The molecule has 0 amide bonds. The van der Waals surface area contributed by atoms with Crippen LogP contribution in [0.5, 0.6) is 11.5 Å². The van der Waals surface area contributed by atoms with Gasteiger partial charge in [-0.05, 0) is 83.1 Å². The second-order valence-corrected chi connectivity index (χ2v) is 11.0. The number of ether oxygens (including phenoxy) is 4. The van der Waals surface area contributed by atoms with Gasteiger partial charge in [-0.1, -0.05) is 37.3 Å². The van der Waals surface area contributed by atoms with Gasteiger partial charge in [0.2, 0.25) is 0 Å². The molecule has 0 N–H and O–H groups in total. The Balaban J connectivity index is 1.89. The Bertz CT molecular complexity index is 1140. The van der Waals surface area contributed by atoms with Gasteiger partial charge in [0.1, 0.15) is 28.6 Å². The van der Waals surface area contributed by atoms with Crippen LogP contribution in [0.2, 0.25) is 0 Å². The van der Waals surface area contributed by atoms with Crippen molar-refractivity contribution in [3.63, 3.8) is 0 Å². The van der Waals surface area contributed by atoms with E-state index < -0.39 is 11.3 Å². The van der Waals surface area contributed by atoms with Crippen molar-refractivity contribution in [3.8, 4) is 11.5 Å². The lowest BCUT2D eigenvalue weighted by Gasteiger charge is -2.46. The van der Waals surface area contributed by atoms with Crippen LogP contribution in [0.15, 0.2) is 42.5 Å². The van der Waals surface area contributed by atoms with Crippen molar-refractivity contribution in [2.45, 2.75) is 85.9 Å². The third kappa shape index (κ3) is 8.26. The summed E-state index contributed by atoms with van der Waals surface area (Å²) in [7, 11) is 0. The predicted molar refractivity (Wildman–Crippen MR) is 159 cm³/mol. The van der Waals surface area contributed by atoms with Crippen LogP contribution in [0.1, 0.15) is 94.6 Å². The van der Waals surface area contributed by atoms with Gasteiger partial charge in [0.15, 0.2) is 5.78 Å². The van der Waals surface area contributed by atoms with Crippen molar-refractivity contribution in [1.29, 1.82) is 0 Å². The third-order valence-corrected chi connectivity index (χ3v) is 8.17. The Kier molecular flexibility index (Phi) is 12.1. The Morgan fingerprint density at radius 1 is 0.927 bits per heavy atom. The quantitative estimate of drug-likeness (QED) is 0.146. The summed E-state index contributed by atoms with van der Waals surface area (Å²) in [6.07, 6.45) is 1.84. The van der Waals surface area contributed by atoms with Crippen molar-refractivity contribution >= 4 is 17.3 Å². The first-order chi connectivity index (χ1) is 19.7. The minimum Gasteiger partial charge on any atom is -0.493 e. The molecule has 3 rings (SSSR count). The van der Waals surface area contributed by atoms with E-state index in [1.807, 2.05) is 70.2 Å². The lowest BCUT2D eigenvalue weighted by Crippen LogP contribution is -2.49. The van der Waals surface area contributed by atoms with Gasteiger partial charge in [0.25, 0.3) is 0 Å². The maximum absolute atomic E-state index is 14.0. The van der Waals surface area contributed by atoms with Crippen LogP contribution in [0.25, 0.3) is 0 Å². The smallest absolute Gasteiger partial charge is 0.167 e. The van der Waals surface area contributed by atoms with E-state index in [2.05, 4.69) is 0 Å². The third-order valence-electron chi connectivity index (χ3n) is 8.17. The zero-order valence-corrected chi connectivity index (χ0v) is 25.5. The summed E-state index contributed by atoms with van der Waals surface area (Å²) >= 11 is 0. The topological polar surface area (TPSA) is 88.1 Å². The summed E-state index contributed by atoms with van der Waals surface area (Å²) in [4.78, 5) is 39.3. The van der Waals surface area contributed by atoms with Gasteiger partial charge in [-0.25, -0.2) is 0 Å². The summed E-state index contributed by atoms with van der Waals surface area (Å²) in [5, 5.41) is 0. The number of hydrogen-bond donors (Lipinski definition) is 0. The highest BCUT2D eigenvalue weighted by molar-refractivity contribution is 6.00. The molecule has 2 aromatic carbocycles. The Morgan fingerprint density at radius 2 is 1.54 bits per heavy atom. The highest BCUT2D eigenvalue weighted by atomic mass is 16.5. The van der Waals surface area contributed by atoms with Crippen LogP contribution in [-0.2, 0) is 25.7 Å². The van der Waals surface area contributed by atoms with E-state index in [4.69, 9.17) is 18.9 Å². The van der Waals surface area contributed by atoms with Crippen molar-refractivity contribution in [2.75, 3.05) is 26.4 Å². The van der Waals surface area contributed by atoms with Gasteiger partial charge >= 0.3 is 0 Å². The van der Waals surface area contributed by atoms with Gasteiger partial charge in [0, 0.05) is 31.0 Å². The molecule has 1 unspecified atom stereocenters. The van der Waals surface area contributed by atoms with Crippen LogP contribution >= 0.6 is 0 Å². The average Bonchev–Trinajstić information content (AvgIpc) is 2.91. The summed E-state index contributed by atoms with van der Waals surface area (Å²) in [5.74, 6) is 0.217. The number of ketones is 3. The summed E-state index contributed by atoms with van der Waals surface area (Å²) < 4.78 is 23.5. The van der Waals surface area contributed by atoms with Crippen LogP contribution in [0.3, 0.4) is 0 Å². The monoisotopic (exact) mass is 566 g/mol. The van der Waals surface area contributed by atoms with E-state index >= 15 is 0 Å². The van der Waals surface area contributed by atoms with Gasteiger partial charge in [-0.2, -0.15) is 0 Å². The molecule has 224 valence electrons. The maximum atomic E-state index is 14.0. The molecular formula is C34H46O7. The molecule has 1 aliphatic carbocycles. The minimum atomic E-state index is -0.675. The van der Waals surface area contributed by atoms with Gasteiger partial charge in [0.05, 0.1) is 25.9 Å². The van der Waals surface area contributed by atoms with E-state index in [9.17, 15) is 14.4 Å². The molecule has 0 radical (unpaired) electrons. The van der Waals surface area contributed by atoms with Gasteiger partial charge < -0.3 is 18.9 Å². The fraction of sp³-hybridized carbons (Fsp3) is 0.559. The largest absolute Gasteiger partial charge is 0.493 e. The van der Waals surface area contributed by atoms with Crippen molar-refractivity contribution in [3.05, 3.63) is 59.2 Å². The fourth-order valence-corrected chi connectivity index (χ4v) is 5.84. The Labute approximate surface area is 244 Å². The van der Waals surface area contributed by atoms with Crippen LogP contribution in [0, 0.1) is 11.3 Å². The molecule has 1 fully saturated rings. The van der Waals surface area contributed by atoms with E-state index in [1.54, 1.807) is 6.92 Å². The zero-order valence-electron chi connectivity index (χ0n) is 25.5. The SMILES string of the molecule is CCOc1cc([C@@H](C)C(CCOCc2ccccc2)C(=O)CC2(C(C)=O)CC(OCC)C2)cc(OCC)c1C(C)=O. The van der Waals surface area contributed by atoms with Gasteiger partial charge in [-0.3, -0.25) is 14.4 Å². The molecule has 1 aliphatic rings. The fourth-order valence-electron chi connectivity index (χ4n) is 5.84. The first-order valence-electron chi connectivity index (χ1n) is 14.9. The summed E-state index contributed by atoms with van der Waals surface area (Å²) in [6.45, 7) is 13.0. The van der Waals surface area contributed by atoms with E-state index in [0.717, 1.165) is 11.1 Å². The number of carbonyl (C=O) groups is 3. The molecule has 2 atom stereocenters. The highest BCUT2D eigenvalue weighted by Gasteiger charge is 2.50. The second kappa shape index (κ2) is 15.3. The molecule has 0 bridgehead atoms. The first-order valence-corrected chi connectivity index (χ1v) is 14.9. The molecule has 0 aromatic heterocycles. The molecule has 7 heteroatoms. The molecule has 0 spiro atoms. The van der Waals surface area contributed by atoms with Crippen molar-refractivity contribution < 1.29 is 33.3 Å². The molecule has 7 nitrogen and oxygen atoms in total. The average molecular weight is 567 g/mol. The highest BCUT2D eigenvalue weighted by Crippen LogP contribution is 2.48. The summed E-state index contributed by atoms with van der Waals surface area (Å²) in [5.41, 5.74) is 1.65. The number of benzene rings is 2. The van der Waals surface area contributed by atoms with E-state index in [1.165, 1.54) is 6.92 Å². The molecule has 41 heavy (non-hydrogen) atoms. The predicted octanol–water partition coefficient (Wildman–Crippen LogP) is 6.75. The molecule has 0 heterocycles. The molecule has 2 aromatic rings. The Hall–Kier alpha value is -3.03. The lowest BCUT2D eigenvalue weighted by atomic mass is 9.60. The standard InChI is InChI=1S/C34H46O7/c1-7-39-28-19-34(20-28,25(6)36)21-30(37)29(15-16-38-22-26-13-11-10-12-14-26)23(4)27-17-31(40-8-2)33(24(5)35)32(18-27)41-9-3/h10-14,17-18,23,28-29H,7-9,15-16,19-22H2,1-6H3/t23-,28?,29?,34?/m1/s1. The molecule has 0 aliphatic heterocycles. The van der Waals surface area contributed by atoms with E-state index in [-0.39, 0.29) is 35.8 Å².